The minimum atomic E-state index is 0.0245. The average Bonchev–Trinajstić information content (AvgIpc) is 2.56. The van der Waals surface area contributed by atoms with Gasteiger partial charge in [0, 0.05) is 36.5 Å². The molecule has 1 aromatic carbocycles. The largest absolute Gasteiger partial charge is 0.356 e. The van der Waals surface area contributed by atoms with Crippen molar-refractivity contribution in [3.8, 4) is 0 Å². The number of nitrogens with one attached hydrogen (secondary N) is 1. The van der Waals surface area contributed by atoms with Crippen molar-refractivity contribution in [2.45, 2.75) is 33.1 Å². The fourth-order valence-electron chi connectivity index (χ4n) is 2.85. The SMILES string of the molecule is CC(C)C(=O)N1CCC(C(=O)NCCc2ccc(Cl)cc2)CC1. The summed E-state index contributed by atoms with van der Waals surface area (Å²) < 4.78 is 0. The molecule has 1 saturated heterocycles. The highest BCUT2D eigenvalue weighted by molar-refractivity contribution is 6.30. The van der Waals surface area contributed by atoms with Gasteiger partial charge in [0.1, 0.15) is 0 Å². The standard InChI is InChI=1S/C18H25ClN2O2/c1-13(2)18(23)21-11-8-15(9-12-21)17(22)20-10-7-14-3-5-16(19)6-4-14/h3-6,13,15H,7-12H2,1-2H3,(H,20,22). The second kappa shape index (κ2) is 8.34. The van der Waals surface area contributed by atoms with Crippen molar-refractivity contribution in [2.75, 3.05) is 19.6 Å². The van der Waals surface area contributed by atoms with E-state index >= 15 is 0 Å². The van der Waals surface area contributed by atoms with Crippen LogP contribution in [-0.2, 0) is 16.0 Å². The fraction of sp³-hybridized carbons (Fsp3) is 0.556. The van der Waals surface area contributed by atoms with E-state index in [-0.39, 0.29) is 23.7 Å². The lowest BCUT2D eigenvalue weighted by Crippen LogP contribution is -2.44. The normalized spacial score (nSPS) is 15.7. The monoisotopic (exact) mass is 336 g/mol. The number of rotatable bonds is 5. The number of piperidine rings is 1. The maximum absolute atomic E-state index is 12.2. The Balaban J connectivity index is 1.71. The molecule has 0 atom stereocenters. The predicted molar refractivity (Wildman–Crippen MR) is 92.3 cm³/mol. The number of carbonyl (C=O) groups is 2. The number of hydrogen-bond acceptors (Lipinski definition) is 2. The molecule has 5 heteroatoms. The van der Waals surface area contributed by atoms with Gasteiger partial charge < -0.3 is 10.2 Å². The van der Waals surface area contributed by atoms with Crippen LogP contribution < -0.4 is 5.32 Å². The van der Waals surface area contributed by atoms with Gasteiger partial charge in [-0.2, -0.15) is 0 Å². The first-order chi connectivity index (χ1) is 11.0. The second-order valence-corrected chi connectivity index (χ2v) is 6.86. The number of carbonyl (C=O) groups excluding carboxylic acids is 2. The van der Waals surface area contributed by atoms with E-state index in [2.05, 4.69) is 5.32 Å². The molecule has 1 aromatic rings. The fourth-order valence-corrected chi connectivity index (χ4v) is 2.98. The molecule has 0 radical (unpaired) electrons. The zero-order valence-corrected chi connectivity index (χ0v) is 14.6. The Labute approximate surface area is 143 Å². The van der Waals surface area contributed by atoms with Gasteiger partial charge in [-0.25, -0.2) is 0 Å². The summed E-state index contributed by atoms with van der Waals surface area (Å²) in [5, 5.41) is 3.73. The molecular weight excluding hydrogens is 312 g/mol. The van der Waals surface area contributed by atoms with Crippen LogP contribution in [0.15, 0.2) is 24.3 Å². The van der Waals surface area contributed by atoms with Crippen molar-refractivity contribution in [1.82, 2.24) is 10.2 Å². The first-order valence-corrected chi connectivity index (χ1v) is 8.66. The summed E-state index contributed by atoms with van der Waals surface area (Å²) in [6.07, 6.45) is 2.31. The van der Waals surface area contributed by atoms with E-state index in [0.717, 1.165) is 29.8 Å². The van der Waals surface area contributed by atoms with Crippen LogP contribution in [0.2, 0.25) is 5.02 Å². The van der Waals surface area contributed by atoms with Gasteiger partial charge in [-0.3, -0.25) is 9.59 Å². The summed E-state index contributed by atoms with van der Waals surface area (Å²) in [5.41, 5.74) is 1.16. The van der Waals surface area contributed by atoms with Crippen LogP contribution in [0, 0.1) is 11.8 Å². The van der Waals surface area contributed by atoms with E-state index in [9.17, 15) is 9.59 Å². The van der Waals surface area contributed by atoms with Gasteiger partial charge in [-0.1, -0.05) is 37.6 Å². The first kappa shape index (κ1) is 17.8. The zero-order valence-electron chi connectivity index (χ0n) is 13.8. The number of benzene rings is 1. The van der Waals surface area contributed by atoms with E-state index in [4.69, 9.17) is 11.6 Å². The maximum Gasteiger partial charge on any atom is 0.225 e. The Hall–Kier alpha value is -1.55. The molecule has 2 rings (SSSR count). The minimum Gasteiger partial charge on any atom is -0.356 e. The molecule has 0 bridgehead atoms. The zero-order chi connectivity index (χ0) is 16.8. The van der Waals surface area contributed by atoms with Gasteiger partial charge in [0.15, 0.2) is 0 Å². The van der Waals surface area contributed by atoms with Crippen molar-refractivity contribution in [3.05, 3.63) is 34.9 Å². The lowest BCUT2D eigenvalue weighted by atomic mass is 9.95. The molecule has 0 aliphatic carbocycles. The van der Waals surface area contributed by atoms with Crippen LogP contribution in [0.3, 0.4) is 0 Å². The summed E-state index contributed by atoms with van der Waals surface area (Å²) in [4.78, 5) is 26.0. The highest BCUT2D eigenvalue weighted by atomic mass is 35.5. The summed E-state index contributed by atoms with van der Waals surface area (Å²) in [6.45, 7) is 5.83. The van der Waals surface area contributed by atoms with Crippen LogP contribution in [0.4, 0.5) is 0 Å². The minimum absolute atomic E-state index is 0.0245. The summed E-state index contributed by atoms with van der Waals surface area (Å²) >= 11 is 5.85. The van der Waals surface area contributed by atoms with Crippen LogP contribution in [-0.4, -0.2) is 36.3 Å². The van der Waals surface area contributed by atoms with Gasteiger partial charge in [-0.15, -0.1) is 0 Å². The van der Waals surface area contributed by atoms with Crippen LogP contribution in [0.1, 0.15) is 32.3 Å². The Morgan fingerprint density at radius 2 is 1.83 bits per heavy atom. The van der Waals surface area contributed by atoms with E-state index in [0.29, 0.717) is 19.6 Å². The topological polar surface area (TPSA) is 49.4 Å². The number of likely N-dealkylation sites (tertiary alicyclic amines) is 1. The van der Waals surface area contributed by atoms with Crippen LogP contribution >= 0.6 is 11.6 Å². The highest BCUT2D eigenvalue weighted by Crippen LogP contribution is 2.19. The number of amides is 2. The first-order valence-electron chi connectivity index (χ1n) is 8.28. The van der Waals surface area contributed by atoms with Gasteiger partial charge in [0.2, 0.25) is 11.8 Å². The third-order valence-electron chi connectivity index (χ3n) is 4.30. The molecule has 0 saturated carbocycles. The molecule has 1 fully saturated rings. The van der Waals surface area contributed by atoms with Gasteiger partial charge in [0.25, 0.3) is 0 Å². The molecule has 4 nitrogen and oxygen atoms in total. The Kier molecular flexibility index (Phi) is 6.46. The average molecular weight is 337 g/mol. The third-order valence-corrected chi connectivity index (χ3v) is 4.55. The van der Waals surface area contributed by atoms with Crippen LogP contribution in [0.5, 0.6) is 0 Å². The molecule has 0 aromatic heterocycles. The predicted octanol–water partition coefficient (Wildman–Crippen LogP) is 2.89. The molecule has 23 heavy (non-hydrogen) atoms. The van der Waals surface area contributed by atoms with Crippen molar-refractivity contribution in [3.63, 3.8) is 0 Å². The van der Waals surface area contributed by atoms with Crippen LogP contribution in [0.25, 0.3) is 0 Å². The van der Waals surface area contributed by atoms with Crippen molar-refractivity contribution in [2.24, 2.45) is 11.8 Å². The van der Waals surface area contributed by atoms with E-state index in [1.165, 1.54) is 0 Å². The molecule has 126 valence electrons. The Bertz CT molecular complexity index is 534. The number of halogens is 1. The van der Waals surface area contributed by atoms with Gasteiger partial charge in [0.05, 0.1) is 0 Å². The van der Waals surface area contributed by atoms with Gasteiger partial charge >= 0.3 is 0 Å². The molecule has 1 N–H and O–H groups in total. The molecule has 1 aliphatic rings. The summed E-state index contributed by atoms with van der Waals surface area (Å²) in [5.74, 6) is 0.346. The summed E-state index contributed by atoms with van der Waals surface area (Å²) in [6, 6.07) is 7.68. The molecule has 2 amide bonds. The molecule has 1 heterocycles. The van der Waals surface area contributed by atoms with Gasteiger partial charge in [-0.05, 0) is 37.0 Å². The quantitative estimate of drug-likeness (QED) is 0.898. The lowest BCUT2D eigenvalue weighted by Gasteiger charge is -2.32. The lowest BCUT2D eigenvalue weighted by molar-refractivity contribution is -0.138. The third kappa shape index (κ3) is 5.24. The molecular formula is C18H25ClN2O2. The Morgan fingerprint density at radius 3 is 2.39 bits per heavy atom. The molecule has 1 aliphatic heterocycles. The number of hydrogen-bond donors (Lipinski definition) is 1. The van der Waals surface area contributed by atoms with Crippen molar-refractivity contribution < 1.29 is 9.59 Å². The van der Waals surface area contributed by atoms with Crippen molar-refractivity contribution >= 4 is 23.4 Å². The molecule has 0 unspecified atom stereocenters. The van der Waals surface area contributed by atoms with Crippen molar-refractivity contribution in [1.29, 1.82) is 0 Å². The van der Waals surface area contributed by atoms with E-state index < -0.39 is 0 Å². The molecule has 0 spiro atoms. The summed E-state index contributed by atoms with van der Waals surface area (Å²) in [7, 11) is 0. The Morgan fingerprint density at radius 1 is 1.22 bits per heavy atom. The highest BCUT2D eigenvalue weighted by Gasteiger charge is 2.27. The second-order valence-electron chi connectivity index (χ2n) is 6.42. The number of nitrogens with zero attached hydrogens (tertiary/aromatic N) is 1. The smallest absolute Gasteiger partial charge is 0.225 e. The maximum atomic E-state index is 12.2. The van der Waals surface area contributed by atoms with E-state index in [1.807, 2.05) is 43.0 Å². The van der Waals surface area contributed by atoms with E-state index in [1.54, 1.807) is 0 Å².